The predicted octanol–water partition coefficient (Wildman–Crippen LogP) is 6.16. The zero-order valence-electron chi connectivity index (χ0n) is 19.6. The zero-order chi connectivity index (χ0) is 24.5. The zero-order valence-corrected chi connectivity index (χ0v) is 19.6. The fraction of sp³-hybridized carbons (Fsp3) is 0.172. The maximum Gasteiger partial charge on any atom is 0.270 e. The summed E-state index contributed by atoms with van der Waals surface area (Å²) in [5.74, 6) is 1.72. The molecule has 0 unspecified atom stereocenters. The fourth-order valence-corrected chi connectivity index (χ4v) is 4.89. The van der Waals surface area contributed by atoms with Crippen LogP contribution in [0.5, 0.6) is 5.75 Å². The van der Waals surface area contributed by atoms with E-state index in [1.54, 1.807) is 12.1 Å². The highest BCUT2D eigenvalue weighted by molar-refractivity contribution is 5.72. The molecule has 2 aliphatic rings. The van der Waals surface area contributed by atoms with Gasteiger partial charge in [-0.3, -0.25) is 10.1 Å². The number of nitro benzene ring substituents is 1. The van der Waals surface area contributed by atoms with Crippen LogP contribution in [0.3, 0.4) is 0 Å². The molecule has 1 saturated heterocycles. The van der Waals surface area contributed by atoms with Crippen molar-refractivity contribution in [3.63, 3.8) is 0 Å². The van der Waals surface area contributed by atoms with Crippen molar-refractivity contribution in [1.29, 1.82) is 0 Å². The van der Waals surface area contributed by atoms with Gasteiger partial charge in [0.1, 0.15) is 11.4 Å². The number of aromatic nitrogens is 2. The Bertz CT molecular complexity index is 1440. The lowest BCUT2D eigenvalue weighted by atomic mass is 9.87. The van der Waals surface area contributed by atoms with Gasteiger partial charge in [0, 0.05) is 49.2 Å². The molecule has 1 aromatic heterocycles. The number of piperidine rings is 1. The molecule has 0 radical (unpaired) electrons. The average Bonchev–Trinajstić information content (AvgIpc) is 2.94. The van der Waals surface area contributed by atoms with E-state index in [-0.39, 0.29) is 11.3 Å². The van der Waals surface area contributed by atoms with Crippen LogP contribution in [-0.2, 0) is 0 Å². The van der Waals surface area contributed by atoms with Crippen molar-refractivity contribution in [2.45, 2.75) is 18.4 Å². The van der Waals surface area contributed by atoms with E-state index in [4.69, 9.17) is 4.74 Å². The van der Waals surface area contributed by atoms with Crippen LogP contribution in [0, 0.1) is 10.1 Å². The molecule has 36 heavy (non-hydrogen) atoms. The van der Waals surface area contributed by atoms with E-state index < -0.39 is 4.92 Å². The van der Waals surface area contributed by atoms with Gasteiger partial charge in [-0.15, -0.1) is 10.2 Å². The van der Waals surface area contributed by atoms with Crippen LogP contribution in [0.25, 0.3) is 28.5 Å². The first-order chi connectivity index (χ1) is 17.6. The lowest BCUT2D eigenvalue weighted by Gasteiger charge is -2.42. The molecule has 1 fully saturated rings. The first-order valence-electron chi connectivity index (χ1n) is 12.0. The van der Waals surface area contributed by atoms with Crippen molar-refractivity contribution in [2.75, 3.05) is 18.0 Å². The van der Waals surface area contributed by atoms with E-state index in [2.05, 4.69) is 69.7 Å². The molecule has 7 heteroatoms. The van der Waals surface area contributed by atoms with E-state index >= 15 is 0 Å². The van der Waals surface area contributed by atoms with Crippen molar-refractivity contribution in [3.05, 3.63) is 107 Å². The molecule has 0 N–H and O–H groups in total. The molecule has 178 valence electrons. The first-order valence-corrected chi connectivity index (χ1v) is 12.0. The normalized spacial score (nSPS) is 15.8. The van der Waals surface area contributed by atoms with Gasteiger partial charge in [0.15, 0.2) is 5.82 Å². The Balaban J connectivity index is 1.13. The number of fused-ring (bicyclic) bond motifs is 1. The van der Waals surface area contributed by atoms with Gasteiger partial charge in [0.2, 0.25) is 0 Å². The number of anilines is 1. The average molecular weight is 477 g/mol. The number of non-ortho nitro benzene ring substituents is 1. The monoisotopic (exact) mass is 476 g/mol. The molecule has 0 saturated carbocycles. The number of benzene rings is 3. The number of hydrogen-bond acceptors (Lipinski definition) is 6. The molecule has 4 aromatic rings. The molecule has 1 spiro atoms. The van der Waals surface area contributed by atoms with Crippen LogP contribution in [0.15, 0.2) is 91.0 Å². The topological polar surface area (TPSA) is 81.4 Å². The van der Waals surface area contributed by atoms with E-state index in [0.717, 1.165) is 43.1 Å². The van der Waals surface area contributed by atoms with Gasteiger partial charge < -0.3 is 9.64 Å². The van der Waals surface area contributed by atoms with Gasteiger partial charge in [-0.1, -0.05) is 54.6 Å². The molecule has 3 aromatic carbocycles. The minimum absolute atomic E-state index is 0.0399. The minimum atomic E-state index is -0.406. The summed E-state index contributed by atoms with van der Waals surface area (Å²) in [6, 6.07) is 27.0. The van der Waals surface area contributed by atoms with Crippen LogP contribution in [0.1, 0.15) is 18.4 Å². The lowest BCUT2D eigenvalue weighted by Crippen LogP contribution is -2.48. The lowest BCUT2D eigenvalue weighted by molar-refractivity contribution is -0.384. The smallest absolute Gasteiger partial charge is 0.270 e. The quantitative estimate of drug-likeness (QED) is 0.259. The standard InChI is InChI=1S/C29H24N4O3/c34-33(35)25-8-4-7-23(20-25)26-10-12-28(31-30-26)32-17-15-29(16-18-32)14-13-24-19-22(9-11-27(24)36-29)21-5-2-1-3-6-21/h1-14,19-20H,15-18H2. The molecule has 0 amide bonds. The van der Waals surface area contributed by atoms with Crippen molar-refractivity contribution < 1.29 is 9.66 Å². The number of nitrogens with zero attached hydrogens (tertiary/aromatic N) is 4. The third kappa shape index (κ3) is 4.20. The van der Waals surface area contributed by atoms with Gasteiger partial charge in [0.05, 0.1) is 10.6 Å². The Hall–Kier alpha value is -4.52. The highest BCUT2D eigenvalue weighted by Crippen LogP contribution is 2.39. The van der Waals surface area contributed by atoms with Crippen molar-refractivity contribution in [1.82, 2.24) is 10.2 Å². The van der Waals surface area contributed by atoms with E-state index in [0.29, 0.717) is 11.3 Å². The van der Waals surface area contributed by atoms with Gasteiger partial charge in [-0.25, -0.2) is 0 Å². The highest BCUT2D eigenvalue weighted by Gasteiger charge is 2.37. The van der Waals surface area contributed by atoms with E-state index in [1.807, 2.05) is 18.2 Å². The number of hydrogen-bond donors (Lipinski definition) is 0. The molecular weight excluding hydrogens is 452 g/mol. The second-order valence-electron chi connectivity index (χ2n) is 9.19. The van der Waals surface area contributed by atoms with Crippen LogP contribution in [-0.4, -0.2) is 33.8 Å². The second kappa shape index (κ2) is 8.92. The molecule has 0 aliphatic carbocycles. The van der Waals surface area contributed by atoms with E-state index in [9.17, 15) is 10.1 Å². The maximum absolute atomic E-state index is 11.1. The van der Waals surface area contributed by atoms with Crippen molar-refractivity contribution in [3.8, 4) is 28.1 Å². The third-order valence-electron chi connectivity index (χ3n) is 6.93. The predicted molar refractivity (Wildman–Crippen MR) is 140 cm³/mol. The molecule has 0 atom stereocenters. The number of ether oxygens (including phenoxy) is 1. The summed E-state index contributed by atoms with van der Waals surface area (Å²) in [6.45, 7) is 1.60. The summed E-state index contributed by atoms with van der Waals surface area (Å²) < 4.78 is 6.54. The molecule has 6 rings (SSSR count). The van der Waals surface area contributed by atoms with Crippen LogP contribution < -0.4 is 9.64 Å². The second-order valence-corrected chi connectivity index (χ2v) is 9.19. The van der Waals surface area contributed by atoms with Crippen molar-refractivity contribution in [2.24, 2.45) is 0 Å². The fourth-order valence-electron chi connectivity index (χ4n) is 4.89. The summed E-state index contributed by atoms with van der Waals surface area (Å²) in [7, 11) is 0. The molecule has 3 heterocycles. The Morgan fingerprint density at radius 1 is 0.833 bits per heavy atom. The summed E-state index contributed by atoms with van der Waals surface area (Å²) in [5.41, 5.74) is 4.50. The van der Waals surface area contributed by atoms with Gasteiger partial charge in [-0.2, -0.15) is 0 Å². The molecule has 2 aliphatic heterocycles. The Labute approximate surface area is 208 Å². The Morgan fingerprint density at radius 3 is 2.39 bits per heavy atom. The SMILES string of the molecule is O=[N+]([O-])c1cccc(-c2ccc(N3CCC4(C=Cc5cc(-c6ccccc6)ccc5O4)CC3)nn2)c1. The van der Waals surface area contributed by atoms with Crippen LogP contribution in [0.2, 0.25) is 0 Å². The van der Waals surface area contributed by atoms with Gasteiger partial charge in [0.25, 0.3) is 5.69 Å². The van der Waals surface area contributed by atoms with Gasteiger partial charge in [-0.05, 0) is 41.5 Å². The summed E-state index contributed by atoms with van der Waals surface area (Å²) in [5, 5.41) is 19.8. The Kier molecular flexibility index (Phi) is 5.45. The molecular formula is C29H24N4O3. The van der Waals surface area contributed by atoms with Crippen molar-refractivity contribution >= 4 is 17.6 Å². The van der Waals surface area contributed by atoms with E-state index in [1.165, 1.54) is 23.3 Å². The minimum Gasteiger partial charge on any atom is -0.482 e. The highest BCUT2D eigenvalue weighted by atomic mass is 16.6. The summed E-state index contributed by atoms with van der Waals surface area (Å²) in [6.07, 6.45) is 6.09. The first kappa shape index (κ1) is 22.0. The van der Waals surface area contributed by atoms with Crippen LogP contribution in [0.4, 0.5) is 11.5 Å². The number of nitro groups is 1. The largest absolute Gasteiger partial charge is 0.482 e. The molecule has 0 bridgehead atoms. The molecule has 7 nitrogen and oxygen atoms in total. The third-order valence-corrected chi connectivity index (χ3v) is 6.93. The number of rotatable bonds is 4. The Morgan fingerprint density at radius 2 is 1.64 bits per heavy atom. The van der Waals surface area contributed by atoms with Crippen LogP contribution >= 0.6 is 0 Å². The summed E-state index contributed by atoms with van der Waals surface area (Å²) >= 11 is 0. The maximum atomic E-state index is 11.1. The van der Waals surface area contributed by atoms with Gasteiger partial charge >= 0.3 is 0 Å². The summed E-state index contributed by atoms with van der Waals surface area (Å²) in [4.78, 5) is 12.9.